The smallest absolute Gasteiger partial charge is 0.264 e. The van der Waals surface area contributed by atoms with E-state index >= 15 is 0 Å². The Labute approximate surface area is 115 Å². The van der Waals surface area contributed by atoms with Crippen molar-refractivity contribution in [1.29, 1.82) is 0 Å². The molecule has 0 aliphatic carbocycles. The second kappa shape index (κ2) is 5.50. The fourth-order valence-corrected chi connectivity index (χ4v) is 2.12. The summed E-state index contributed by atoms with van der Waals surface area (Å²) in [5, 5.41) is 2.95. The highest BCUT2D eigenvalue weighted by Crippen LogP contribution is 2.27. The summed E-state index contributed by atoms with van der Waals surface area (Å²) in [6.07, 6.45) is 0.586. The van der Waals surface area contributed by atoms with Gasteiger partial charge in [-0.1, -0.05) is 36.7 Å². The van der Waals surface area contributed by atoms with Crippen molar-refractivity contribution in [3.63, 3.8) is 0 Å². The van der Waals surface area contributed by atoms with Gasteiger partial charge in [0.15, 0.2) is 0 Å². The maximum absolute atomic E-state index is 12.1. The average molecular weight is 280 g/mol. The zero-order chi connectivity index (χ0) is 14.0. The monoisotopic (exact) mass is 279 g/mol. The number of carbonyl (C=O) groups is 2. The van der Waals surface area contributed by atoms with Crippen LogP contribution in [0.2, 0.25) is 5.02 Å². The topological polar surface area (TPSA) is 84.5 Å². The van der Waals surface area contributed by atoms with E-state index < -0.39 is 23.8 Å². The molecule has 3 N–H and O–H groups in total. The largest absolute Gasteiger partial charge is 0.321 e. The standard InChI is InChI=1S/C13H14ClN3O2/c1-2-9(15)11-16-12(18)10(13(19)17-11)7-5-3-4-6-8(7)14/h3-6,9-10H,2,15H2,1H3,(H,16,17,18,19). The molecule has 5 nitrogen and oxygen atoms in total. The number of amides is 2. The van der Waals surface area contributed by atoms with Crippen LogP contribution in [0.15, 0.2) is 29.3 Å². The van der Waals surface area contributed by atoms with Crippen molar-refractivity contribution in [1.82, 2.24) is 5.32 Å². The van der Waals surface area contributed by atoms with Crippen LogP contribution in [0.3, 0.4) is 0 Å². The van der Waals surface area contributed by atoms with Crippen LogP contribution in [0.4, 0.5) is 0 Å². The van der Waals surface area contributed by atoms with E-state index in [4.69, 9.17) is 17.3 Å². The Hall–Kier alpha value is -1.72. The molecule has 1 aromatic carbocycles. The van der Waals surface area contributed by atoms with Gasteiger partial charge in [0.1, 0.15) is 11.8 Å². The number of hydrogen-bond donors (Lipinski definition) is 2. The zero-order valence-electron chi connectivity index (χ0n) is 10.4. The fraction of sp³-hybridized carbons (Fsp3) is 0.308. The van der Waals surface area contributed by atoms with Crippen molar-refractivity contribution in [3.8, 4) is 0 Å². The van der Waals surface area contributed by atoms with E-state index in [1.165, 1.54) is 0 Å². The molecule has 0 spiro atoms. The van der Waals surface area contributed by atoms with E-state index in [2.05, 4.69) is 10.3 Å². The highest BCUT2D eigenvalue weighted by molar-refractivity contribution is 6.32. The van der Waals surface area contributed by atoms with Gasteiger partial charge in [-0.2, -0.15) is 4.99 Å². The first-order chi connectivity index (χ1) is 9.04. The van der Waals surface area contributed by atoms with Gasteiger partial charge in [-0.3, -0.25) is 9.59 Å². The molecule has 100 valence electrons. The van der Waals surface area contributed by atoms with Gasteiger partial charge in [0.25, 0.3) is 5.91 Å². The second-order valence-electron chi connectivity index (χ2n) is 4.29. The minimum atomic E-state index is -0.999. The normalized spacial score (nSPS) is 20.8. The molecule has 0 saturated carbocycles. The van der Waals surface area contributed by atoms with E-state index in [9.17, 15) is 9.59 Å². The summed E-state index contributed by atoms with van der Waals surface area (Å²) in [5.41, 5.74) is 6.22. The molecule has 0 bridgehead atoms. The van der Waals surface area contributed by atoms with Crippen LogP contribution in [0.5, 0.6) is 0 Å². The first kappa shape index (κ1) is 13.7. The lowest BCUT2D eigenvalue weighted by Gasteiger charge is -2.23. The fourth-order valence-electron chi connectivity index (χ4n) is 1.87. The maximum Gasteiger partial charge on any atom is 0.264 e. The van der Waals surface area contributed by atoms with Gasteiger partial charge in [-0.25, -0.2) is 0 Å². The van der Waals surface area contributed by atoms with E-state index in [0.717, 1.165) is 0 Å². The molecule has 0 radical (unpaired) electrons. The molecular formula is C13H14ClN3O2. The molecular weight excluding hydrogens is 266 g/mol. The number of nitrogens with two attached hydrogens (primary N) is 1. The van der Waals surface area contributed by atoms with E-state index in [-0.39, 0.29) is 5.84 Å². The van der Waals surface area contributed by atoms with Crippen LogP contribution < -0.4 is 11.1 Å². The Kier molecular flexibility index (Phi) is 3.97. The molecule has 0 saturated heterocycles. The van der Waals surface area contributed by atoms with E-state index in [1.54, 1.807) is 24.3 Å². The van der Waals surface area contributed by atoms with Gasteiger partial charge in [0, 0.05) is 5.02 Å². The van der Waals surface area contributed by atoms with Crippen molar-refractivity contribution in [2.75, 3.05) is 0 Å². The predicted molar refractivity (Wildman–Crippen MR) is 73.0 cm³/mol. The molecule has 19 heavy (non-hydrogen) atoms. The Morgan fingerprint density at radius 1 is 1.42 bits per heavy atom. The van der Waals surface area contributed by atoms with Crippen LogP contribution in [0.25, 0.3) is 0 Å². The van der Waals surface area contributed by atoms with Crippen molar-refractivity contribution in [2.45, 2.75) is 25.3 Å². The molecule has 2 amide bonds. The molecule has 2 rings (SSSR count). The van der Waals surface area contributed by atoms with Crippen molar-refractivity contribution < 1.29 is 9.59 Å². The Morgan fingerprint density at radius 3 is 2.68 bits per heavy atom. The lowest BCUT2D eigenvalue weighted by atomic mass is 9.95. The molecule has 1 heterocycles. The number of amidine groups is 1. The third-order valence-corrected chi connectivity index (χ3v) is 3.34. The molecule has 0 fully saturated rings. The summed E-state index contributed by atoms with van der Waals surface area (Å²) in [4.78, 5) is 28.0. The number of carbonyl (C=O) groups excluding carboxylic acids is 2. The SMILES string of the molecule is CCC(N)C1=NC(=O)C(c2ccccc2Cl)C(=O)N1. The number of rotatable bonds is 3. The lowest BCUT2D eigenvalue weighted by molar-refractivity contribution is -0.129. The van der Waals surface area contributed by atoms with Crippen LogP contribution in [-0.2, 0) is 9.59 Å². The van der Waals surface area contributed by atoms with E-state index in [1.807, 2.05) is 6.92 Å². The summed E-state index contributed by atoms with van der Waals surface area (Å²) >= 11 is 6.01. The number of aliphatic imine (C=N–C) groups is 1. The third-order valence-electron chi connectivity index (χ3n) is 3.00. The molecule has 1 aliphatic heterocycles. The van der Waals surface area contributed by atoms with Crippen molar-refractivity contribution in [2.24, 2.45) is 10.7 Å². The quantitative estimate of drug-likeness (QED) is 0.816. The Morgan fingerprint density at radius 2 is 2.11 bits per heavy atom. The number of hydrogen-bond acceptors (Lipinski definition) is 3. The first-order valence-corrected chi connectivity index (χ1v) is 6.35. The highest BCUT2D eigenvalue weighted by atomic mass is 35.5. The Balaban J connectivity index is 2.36. The molecule has 6 heteroatoms. The molecule has 1 aromatic rings. The molecule has 2 atom stereocenters. The van der Waals surface area contributed by atoms with Gasteiger partial charge < -0.3 is 11.1 Å². The summed E-state index contributed by atoms with van der Waals surface area (Å²) in [6.45, 7) is 1.85. The summed E-state index contributed by atoms with van der Waals surface area (Å²) in [6, 6.07) is 6.29. The van der Waals surface area contributed by atoms with Gasteiger partial charge in [-0.05, 0) is 18.1 Å². The minimum Gasteiger partial charge on any atom is -0.321 e. The van der Waals surface area contributed by atoms with Gasteiger partial charge in [0.2, 0.25) is 5.91 Å². The van der Waals surface area contributed by atoms with Gasteiger partial charge >= 0.3 is 0 Å². The summed E-state index contributed by atoms with van der Waals surface area (Å²) < 4.78 is 0. The third kappa shape index (κ3) is 2.67. The van der Waals surface area contributed by atoms with Crippen LogP contribution >= 0.6 is 11.6 Å². The van der Waals surface area contributed by atoms with Crippen LogP contribution in [0.1, 0.15) is 24.8 Å². The lowest BCUT2D eigenvalue weighted by Crippen LogP contribution is -2.50. The predicted octanol–water partition coefficient (Wildman–Crippen LogP) is 1.22. The van der Waals surface area contributed by atoms with Gasteiger partial charge in [-0.15, -0.1) is 0 Å². The number of nitrogens with zero attached hydrogens (tertiary/aromatic N) is 1. The molecule has 0 aromatic heterocycles. The minimum absolute atomic E-state index is 0.223. The first-order valence-electron chi connectivity index (χ1n) is 5.98. The van der Waals surface area contributed by atoms with Crippen LogP contribution in [0, 0.1) is 0 Å². The second-order valence-corrected chi connectivity index (χ2v) is 4.70. The van der Waals surface area contributed by atoms with Crippen LogP contribution in [-0.4, -0.2) is 23.7 Å². The average Bonchev–Trinajstić information content (AvgIpc) is 2.39. The Bertz CT molecular complexity index is 557. The number of nitrogens with one attached hydrogen (secondary N) is 1. The van der Waals surface area contributed by atoms with Crippen molar-refractivity contribution in [3.05, 3.63) is 34.9 Å². The number of benzene rings is 1. The molecule has 2 unspecified atom stereocenters. The summed E-state index contributed by atoms with van der Waals surface area (Å²) in [5.74, 6) is -1.75. The van der Waals surface area contributed by atoms with Crippen molar-refractivity contribution >= 4 is 29.3 Å². The molecule has 1 aliphatic rings. The zero-order valence-corrected chi connectivity index (χ0v) is 11.1. The van der Waals surface area contributed by atoms with E-state index in [0.29, 0.717) is 17.0 Å². The van der Waals surface area contributed by atoms with Gasteiger partial charge in [0.05, 0.1) is 6.04 Å². The number of halogens is 1. The highest BCUT2D eigenvalue weighted by Gasteiger charge is 2.35. The summed E-state index contributed by atoms with van der Waals surface area (Å²) in [7, 11) is 0. The maximum atomic E-state index is 12.1.